The van der Waals surface area contributed by atoms with E-state index < -0.39 is 0 Å². The number of nitrogens with two attached hydrogens (primary N) is 1. The largest absolute Gasteiger partial charge is 0.373 e. The second-order valence-electron chi connectivity index (χ2n) is 4.49. The quantitative estimate of drug-likeness (QED) is 0.852. The maximum atomic E-state index is 6.11. The summed E-state index contributed by atoms with van der Waals surface area (Å²) >= 11 is 6.11. The Balaban J connectivity index is 1.95. The van der Waals surface area contributed by atoms with E-state index in [0.717, 1.165) is 23.7 Å². The van der Waals surface area contributed by atoms with Crippen LogP contribution in [0.5, 0.6) is 0 Å². The third-order valence-corrected chi connectivity index (χ3v) is 3.42. The Morgan fingerprint density at radius 1 is 1.40 bits per heavy atom. The van der Waals surface area contributed by atoms with Crippen molar-refractivity contribution < 1.29 is 0 Å². The molecule has 3 heteroatoms. The van der Waals surface area contributed by atoms with Gasteiger partial charge in [0.1, 0.15) is 0 Å². The second-order valence-corrected chi connectivity index (χ2v) is 4.89. The number of halogens is 1. The summed E-state index contributed by atoms with van der Waals surface area (Å²) in [6.45, 7) is 0.972. The van der Waals surface area contributed by atoms with Gasteiger partial charge in [0.25, 0.3) is 0 Å². The first-order chi connectivity index (χ1) is 7.11. The number of hydrogen-bond donors (Lipinski definition) is 1. The Morgan fingerprint density at radius 3 is 2.67 bits per heavy atom. The lowest BCUT2D eigenvalue weighted by molar-refractivity contribution is 0.606. The molecule has 0 radical (unpaired) electrons. The molecule has 1 fully saturated rings. The van der Waals surface area contributed by atoms with Gasteiger partial charge >= 0.3 is 0 Å². The van der Waals surface area contributed by atoms with Crippen LogP contribution in [0.4, 0.5) is 5.69 Å². The molecule has 15 heavy (non-hydrogen) atoms. The Bertz CT molecular complexity index is 347. The first kappa shape index (κ1) is 10.8. The van der Waals surface area contributed by atoms with E-state index in [-0.39, 0.29) is 5.54 Å². The predicted molar refractivity (Wildman–Crippen MR) is 65.5 cm³/mol. The molecule has 0 aliphatic heterocycles. The van der Waals surface area contributed by atoms with Crippen LogP contribution in [-0.4, -0.2) is 19.1 Å². The van der Waals surface area contributed by atoms with Crippen LogP contribution < -0.4 is 10.6 Å². The molecule has 1 aromatic carbocycles. The lowest BCUT2D eigenvalue weighted by Gasteiger charge is -2.22. The Morgan fingerprint density at radius 2 is 2.07 bits per heavy atom. The van der Waals surface area contributed by atoms with E-state index in [9.17, 15) is 0 Å². The van der Waals surface area contributed by atoms with Crippen molar-refractivity contribution in [2.45, 2.75) is 24.8 Å². The van der Waals surface area contributed by atoms with E-state index in [4.69, 9.17) is 17.3 Å². The van der Waals surface area contributed by atoms with Gasteiger partial charge in [0.15, 0.2) is 0 Å². The van der Waals surface area contributed by atoms with Gasteiger partial charge in [-0.2, -0.15) is 0 Å². The Labute approximate surface area is 96.0 Å². The third-order valence-electron chi connectivity index (χ3n) is 3.10. The van der Waals surface area contributed by atoms with Crippen LogP contribution >= 0.6 is 11.6 Å². The van der Waals surface area contributed by atoms with Crippen LogP contribution in [0, 0.1) is 0 Å². The standard InChI is InChI=1S/C12H17ClN2/c1-15(9-8-12(14)6-7-12)11-5-3-2-4-10(11)13/h2-5H,6-9,14H2,1H3. The topological polar surface area (TPSA) is 29.3 Å². The highest BCUT2D eigenvalue weighted by molar-refractivity contribution is 6.33. The van der Waals surface area contributed by atoms with Crippen molar-refractivity contribution in [2.75, 3.05) is 18.5 Å². The molecule has 1 aliphatic rings. The summed E-state index contributed by atoms with van der Waals surface area (Å²) in [4.78, 5) is 2.18. The zero-order chi connectivity index (χ0) is 10.9. The van der Waals surface area contributed by atoms with Gasteiger partial charge in [-0.15, -0.1) is 0 Å². The SMILES string of the molecule is CN(CCC1(N)CC1)c1ccccc1Cl. The summed E-state index contributed by atoms with van der Waals surface area (Å²) in [5.41, 5.74) is 7.26. The molecule has 1 saturated carbocycles. The van der Waals surface area contributed by atoms with Crippen LogP contribution in [0.2, 0.25) is 5.02 Å². The van der Waals surface area contributed by atoms with Gasteiger partial charge < -0.3 is 10.6 Å². The van der Waals surface area contributed by atoms with Gasteiger partial charge in [-0.1, -0.05) is 23.7 Å². The molecule has 2 nitrogen and oxygen atoms in total. The van der Waals surface area contributed by atoms with Crippen molar-refractivity contribution in [1.82, 2.24) is 0 Å². The average Bonchev–Trinajstić information content (AvgIpc) is 2.95. The molecular weight excluding hydrogens is 208 g/mol. The highest BCUT2D eigenvalue weighted by Gasteiger charge is 2.37. The van der Waals surface area contributed by atoms with Gasteiger partial charge in [-0.3, -0.25) is 0 Å². The maximum absolute atomic E-state index is 6.11. The molecule has 0 heterocycles. The second kappa shape index (κ2) is 4.03. The van der Waals surface area contributed by atoms with Gasteiger partial charge in [0.05, 0.1) is 10.7 Å². The highest BCUT2D eigenvalue weighted by Crippen LogP contribution is 2.36. The highest BCUT2D eigenvalue weighted by atomic mass is 35.5. The Hall–Kier alpha value is -0.730. The van der Waals surface area contributed by atoms with Crippen molar-refractivity contribution in [3.05, 3.63) is 29.3 Å². The van der Waals surface area contributed by atoms with Crippen LogP contribution in [0.3, 0.4) is 0 Å². The van der Waals surface area contributed by atoms with E-state index in [1.54, 1.807) is 0 Å². The Kier molecular flexibility index (Phi) is 2.89. The van der Waals surface area contributed by atoms with Gasteiger partial charge in [0, 0.05) is 19.1 Å². The van der Waals surface area contributed by atoms with Crippen molar-refractivity contribution in [1.29, 1.82) is 0 Å². The summed E-state index contributed by atoms with van der Waals surface area (Å²) in [5.74, 6) is 0. The van der Waals surface area contributed by atoms with Crippen LogP contribution in [-0.2, 0) is 0 Å². The first-order valence-corrected chi connectivity index (χ1v) is 5.73. The van der Waals surface area contributed by atoms with Crippen molar-refractivity contribution in [3.8, 4) is 0 Å². The molecule has 0 aromatic heterocycles. The van der Waals surface area contributed by atoms with Gasteiger partial charge in [0.2, 0.25) is 0 Å². The molecule has 82 valence electrons. The van der Waals surface area contributed by atoms with Crippen LogP contribution in [0.1, 0.15) is 19.3 Å². The average molecular weight is 225 g/mol. The zero-order valence-electron chi connectivity index (χ0n) is 9.04. The predicted octanol–water partition coefficient (Wildman–Crippen LogP) is 2.66. The molecule has 0 saturated heterocycles. The molecule has 2 N–H and O–H groups in total. The third kappa shape index (κ3) is 2.64. The normalized spacial score (nSPS) is 17.5. The lowest BCUT2D eigenvalue weighted by atomic mass is 10.2. The van der Waals surface area contributed by atoms with E-state index in [1.807, 2.05) is 24.3 Å². The molecule has 0 atom stereocenters. The van der Waals surface area contributed by atoms with Crippen molar-refractivity contribution >= 4 is 17.3 Å². The van der Waals surface area contributed by atoms with E-state index >= 15 is 0 Å². The number of benzene rings is 1. The van der Waals surface area contributed by atoms with Crippen LogP contribution in [0.15, 0.2) is 24.3 Å². The van der Waals surface area contributed by atoms with Crippen molar-refractivity contribution in [3.63, 3.8) is 0 Å². The monoisotopic (exact) mass is 224 g/mol. The molecule has 1 aromatic rings. The number of hydrogen-bond acceptors (Lipinski definition) is 2. The molecule has 0 amide bonds. The molecular formula is C12H17ClN2. The minimum absolute atomic E-state index is 0.121. The van der Waals surface area contributed by atoms with E-state index in [2.05, 4.69) is 11.9 Å². The van der Waals surface area contributed by atoms with Gasteiger partial charge in [-0.05, 0) is 31.4 Å². The van der Waals surface area contributed by atoms with Crippen LogP contribution in [0.25, 0.3) is 0 Å². The fourth-order valence-corrected chi connectivity index (χ4v) is 1.96. The minimum Gasteiger partial charge on any atom is -0.373 e. The summed E-state index contributed by atoms with van der Waals surface area (Å²) in [7, 11) is 2.06. The first-order valence-electron chi connectivity index (χ1n) is 5.35. The maximum Gasteiger partial charge on any atom is 0.0639 e. The smallest absolute Gasteiger partial charge is 0.0639 e. The molecule has 1 aliphatic carbocycles. The minimum atomic E-state index is 0.121. The van der Waals surface area contributed by atoms with E-state index in [1.165, 1.54) is 12.8 Å². The number of para-hydroxylation sites is 1. The fraction of sp³-hybridized carbons (Fsp3) is 0.500. The number of anilines is 1. The number of nitrogens with zero attached hydrogens (tertiary/aromatic N) is 1. The van der Waals surface area contributed by atoms with E-state index in [0.29, 0.717) is 0 Å². The molecule has 0 bridgehead atoms. The summed E-state index contributed by atoms with van der Waals surface area (Å²) in [6, 6.07) is 7.92. The molecule has 0 spiro atoms. The number of rotatable bonds is 4. The zero-order valence-corrected chi connectivity index (χ0v) is 9.80. The summed E-state index contributed by atoms with van der Waals surface area (Å²) in [6.07, 6.45) is 3.39. The molecule has 0 unspecified atom stereocenters. The summed E-state index contributed by atoms with van der Waals surface area (Å²) < 4.78 is 0. The lowest BCUT2D eigenvalue weighted by Crippen LogP contribution is -2.29. The van der Waals surface area contributed by atoms with Crippen molar-refractivity contribution in [2.24, 2.45) is 5.73 Å². The fourth-order valence-electron chi connectivity index (χ4n) is 1.68. The van der Waals surface area contributed by atoms with Gasteiger partial charge in [-0.25, -0.2) is 0 Å². The molecule has 2 rings (SSSR count). The summed E-state index contributed by atoms with van der Waals surface area (Å²) in [5, 5.41) is 0.807.